The molecule has 2 unspecified atom stereocenters. The molecular formula is C8H14O9. The molecule has 2 atom stereocenters. The van der Waals surface area contributed by atoms with E-state index in [1.54, 1.807) is 6.92 Å². The van der Waals surface area contributed by atoms with Crippen molar-refractivity contribution in [3.05, 3.63) is 0 Å². The summed E-state index contributed by atoms with van der Waals surface area (Å²) in [6.45, 7) is 1.59. The van der Waals surface area contributed by atoms with Gasteiger partial charge in [-0.3, -0.25) is 4.74 Å². The number of hydrogen-bond acceptors (Lipinski definition) is 7. The molecule has 0 amide bonds. The van der Waals surface area contributed by atoms with Crippen molar-refractivity contribution in [2.24, 2.45) is 0 Å². The molecule has 0 rings (SSSR count). The normalized spacial score (nSPS) is 15.3. The number of hydrogen-bond donors (Lipinski definition) is 5. The minimum absolute atomic E-state index is 0.0700. The molecule has 0 saturated heterocycles. The third-order valence-corrected chi connectivity index (χ3v) is 1.55. The minimum atomic E-state index is -3.76. The van der Waals surface area contributed by atoms with Gasteiger partial charge in [0.05, 0.1) is 0 Å². The Morgan fingerprint density at radius 1 is 1.12 bits per heavy atom. The number of carbonyl (C=O) groups is 2. The third kappa shape index (κ3) is 6.14. The highest BCUT2D eigenvalue weighted by molar-refractivity contribution is 5.83. The van der Waals surface area contributed by atoms with E-state index in [9.17, 15) is 9.59 Å². The van der Waals surface area contributed by atoms with E-state index in [0.717, 1.165) is 0 Å². The Hall–Kier alpha value is -1.26. The van der Waals surface area contributed by atoms with Crippen LogP contribution in [0, 0.1) is 0 Å². The zero-order valence-corrected chi connectivity index (χ0v) is 8.94. The average molecular weight is 254 g/mol. The van der Waals surface area contributed by atoms with Gasteiger partial charge in [-0.15, -0.1) is 0 Å². The average Bonchev–Trinajstić information content (AvgIpc) is 2.14. The van der Waals surface area contributed by atoms with Crippen LogP contribution in [0.15, 0.2) is 0 Å². The first kappa shape index (κ1) is 15.7. The highest BCUT2D eigenvalue weighted by Gasteiger charge is 2.41. The smallest absolute Gasteiger partial charge is 0.405 e. The predicted molar refractivity (Wildman–Crippen MR) is 49.6 cm³/mol. The van der Waals surface area contributed by atoms with Crippen molar-refractivity contribution in [3.8, 4) is 0 Å². The van der Waals surface area contributed by atoms with Gasteiger partial charge < -0.3 is 30.3 Å². The topological polar surface area (TPSA) is 154 Å². The van der Waals surface area contributed by atoms with Gasteiger partial charge in [-0.2, -0.15) is 0 Å². The highest BCUT2D eigenvalue weighted by atomic mass is 16.9. The molecule has 0 spiro atoms. The molecule has 9 heteroatoms. The van der Waals surface area contributed by atoms with Crippen LogP contribution >= 0.6 is 0 Å². The van der Waals surface area contributed by atoms with Gasteiger partial charge in [0.2, 0.25) is 0 Å². The molecule has 0 saturated carbocycles. The summed E-state index contributed by atoms with van der Waals surface area (Å²) in [5, 5.41) is 42.8. The van der Waals surface area contributed by atoms with Crippen LogP contribution in [0.1, 0.15) is 13.3 Å². The maximum atomic E-state index is 10.7. The molecule has 0 aliphatic carbocycles. The number of carboxylic acids is 2. The highest BCUT2D eigenvalue weighted by Crippen LogP contribution is 2.11. The first-order valence-electron chi connectivity index (χ1n) is 4.61. The standard InChI is InChI=1S/C8H14O9/c1-2-3-16-4(6(9)10)5(7(11)12)17-8(13,14)15/h4-5,13-15H,2-3H2,1H3,(H,9,10)(H,11,12). The quantitative estimate of drug-likeness (QED) is 0.307. The molecule has 0 fully saturated rings. The summed E-state index contributed by atoms with van der Waals surface area (Å²) < 4.78 is 8.56. The summed E-state index contributed by atoms with van der Waals surface area (Å²) in [5.41, 5.74) is 0. The van der Waals surface area contributed by atoms with Gasteiger partial charge in [0.1, 0.15) is 0 Å². The van der Waals surface area contributed by atoms with Gasteiger partial charge in [-0.25, -0.2) is 9.59 Å². The van der Waals surface area contributed by atoms with E-state index in [-0.39, 0.29) is 6.61 Å². The lowest BCUT2D eigenvalue weighted by molar-refractivity contribution is -0.465. The molecular weight excluding hydrogens is 240 g/mol. The summed E-state index contributed by atoms with van der Waals surface area (Å²) in [5.74, 6) is -3.50. The lowest BCUT2D eigenvalue weighted by atomic mass is 10.2. The number of ether oxygens (including phenoxy) is 2. The summed E-state index contributed by atoms with van der Waals surface area (Å²) in [4.78, 5) is 21.4. The van der Waals surface area contributed by atoms with Gasteiger partial charge in [0.15, 0.2) is 12.2 Å². The number of carboxylic acid groups (broad SMARTS) is 2. The molecule has 0 aromatic carbocycles. The first-order chi connectivity index (χ1) is 7.69. The van der Waals surface area contributed by atoms with Crippen molar-refractivity contribution in [1.29, 1.82) is 0 Å². The van der Waals surface area contributed by atoms with E-state index in [1.807, 2.05) is 0 Å². The van der Waals surface area contributed by atoms with Crippen LogP contribution in [0.4, 0.5) is 0 Å². The van der Waals surface area contributed by atoms with E-state index in [0.29, 0.717) is 6.42 Å². The maximum Gasteiger partial charge on any atom is 0.405 e. The lowest BCUT2D eigenvalue weighted by Crippen LogP contribution is -2.49. The van der Waals surface area contributed by atoms with Crippen LogP contribution in [0.3, 0.4) is 0 Å². The Bertz CT molecular complexity index is 269. The third-order valence-electron chi connectivity index (χ3n) is 1.55. The monoisotopic (exact) mass is 254 g/mol. The van der Waals surface area contributed by atoms with Crippen molar-refractivity contribution in [1.82, 2.24) is 0 Å². The van der Waals surface area contributed by atoms with Gasteiger partial charge in [-0.05, 0) is 6.42 Å². The van der Waals surface area contributed by atoms with Gasteiger partial charge in [0, 0.05) is 6.61 Å². The van der Waals surface area contributed by atoms with Crippen LogP contribution in [0.2, 0.25) is 0 Å². The molecule has 100 valence electrons. The number of aliphatic carboxylic acids is 2. The number of rotatable bonds is 8. The molecule has 0 heterocycles. The lowest BCUT2D eigenvalue weighted by Gasteiger charge is -2.24. The second kappa shape index (κ2) is 6.47. The summed E-state index contributed by atoms with van der Waals surface area (Å²) in [7, 11) is 0. The van der Waals surface area contributed by atoms with Crippen LogP contribution in [-0.2, 0) is 19.1 Å². The molecule has 9 nitrogen and oxygen atoms in total. The molecule has 0 aromatic heterocycles. The summed E-state index contributed by atoms with van der Waals surface area (Å²) in [6, 6.07) is 0. The van der Waals surface area contributed by atoms with Crippen molar-refractivity contribution >= 4 is 11.9 Å². The Labute approximate surface area is 95.8 Å². The van der Waals surface area contributed by atoms with E-state index < -0.39 is 30.3 Å². The largest absolute Gasteiger partial charge is 0.479 e. The molecule has 0 aromatic rings. The fourth-order valence-electron chi connectivity index (χ4n) is 0.945. The van der Waals surface area contributed by atoms with Crippen LogP contribution in [-0.4, -0.2) is 62.4 Å². The fraction of sp³-hybridized carbons (Fsp3) is 0.750. The molecule has 0 aliphatic heterocycles. The van der Waals surface area contributed by atoms with Crippen molar-refractivity contribution < 1.29 is 44.6 Å². The Balaban J connectivity index is 4.84. The fourth-order valence-corrected chi connectivity index (χ4v) is 0.945. The predicted octanol–water partition coefficient (Wildman–Crippen LogP) is -2.08. The van der Waals surface area contributed by atoms with E-state index in [1.165, 1.54) is 0 Å². The Morgan fingerprint density at radius 2 is 1.59 bits per heavy atom. The van der Waals surface area contributed by atoms with Crippen molar-refractivity contribution in [3.63, 3.8) is 0 Å². The van der Waals surface area contributed by atoms with Gasteiger partial charge >= 0.3 is 18.1 Å². The second-order valence-corrected chi connectivity index (χ2v) is 3.08. The summed E-state index contributed by atoms with van der Waals surface area (Å²) >= 11 is 0. The molecule has 0 aliphatic rings. The molecule has 0 radical (unpaired) electrons. The van der Waals surface area contributed by atoms with Gasteiger partial charge in [-0.1, -0.05) is 6.92 Å². The van der Waals surface area contributed by atoms with E-state index in [2.05, 4.69) is 9.47 Å². The zero-order chi connectivity index (χ0) is 13.6. The number of aliphatic hydroxyl groups is 3. The first-order valence-corrected chi connectivity index (χ1v) is 4.61. The minimum Gasteiger partial charge on any atom is -0.479 e. The molecule has 17 heavy (non-hydrogen) atoms. The van der Waals surface area contributed by atoms with Crippen LogP contribution in [0.5, 0.6) is 0 Å². The molecule has 0 bridgehead atoms. The maximum absolute atomic E-state index is 10.7. The Kier molecular flexibility index (Phi) is 5.99. The van der Waals surface area contributed by atoms with Crippen LogP contribution < -0.4 is 0 Å². The van der Waals surface area contributed by atoms with E-state index >= 15 is 0 Å². The summed E-state index contributed by atoms with van der Waals surface area (Å²) in [6.07, 6.45) is -7.58. The molecule has 5 N–H and O–H groups in total. The van der Waals surface area contributed by atoms with Crippen molar-refractivity contribution in [2.75, 3.05) is 6.61 Å². The van der Waals surface area contributed by atoms with Crippen molar-refractivity contribution in [2.45, 2.75) is 31.7 Å². The SMILES string of the molecule is CCCOC(C(=O)O)C(OC(O)(O)O)C(=O)O. The Morgan fingerprint density at radius 3 is 1.88 bits per heavy atom. The van der Waals surface area contributed by atoms with E-state index in [4.69, 9.17) is 25.5 Å². The van der Waals surface area contributed by atoms with Gasteiger partial charge in [0.25, 0.3) is 0 Å². The zero-order valence-electron chi connectivity index (χ0n) is 8.94. The van der Waals surface area contributed by atoms with Crippen LogP contribution in [0.25, 0.3) is 0 Å². The second-order valence-electron chi connectivity index (χ2n) is 3.08.